The van der Waals surface area contributed by atoms with Gasteiger partial charge in [-0.1, -0.05) is 12.1 Å². The average Bonchev–Trinajstić information content (AvgIpc) is 2.31. The third kappa shape index (κ3) is 2.28. The molecule has 0 unspecified atom stereocenters. The Bertz CT molecular complexity index is 487. The number of hydrogen-bond donors (Lipinski definition) is 2. The normalized spacial score (nSPS) is 10.8. The molecule has 0 radical (unpaired) electrons. The van der Waals surface area contributed by atoms with Gasteiger partial charge in [-0.15, -0.1) is 11.8 Å². The number of aromatic nitrogens is 1. The highest BCUT2D eigenvalue weighted by atomic mass is 32.2. The predicted octanol–water partition coefficient (Wildman–Crippen LogP) is 2.29. The summed E-state index contributed by atoms with van der Waals surface area (Å²) < 4.78 is 0. The number of aliphatic hydroxyl groups excluding tert-OH is 1. The zero-order valence-corrected chi connectivity index (χ0v) is 9.70. The SMILES string of the molecule is Nc1cccc2c(SCCCO)ccnc12. The Kier molecular flexibility index (Phi) is 3.64. The Morgan fingerprint density at radius 1 is 1.31 bits per heavy atom. The maximum absolute atomic E-state index is 8.76. The number of para-hydroxylation sites is 1. The lowest BCUT2D eigenvalue weighted by molar-refractivity contribution is 0.296. The van der Waals surface area contributed by atoms with Crippen LogP contribution in [0.15, 0.2) is 35.4 Å². The Morgan fingerprint density at radius 2 is 2.19 bits per heavy atom. The summed E-state index contributed by atoms with van der Waals surface area (Å²) in [5.41, 5.74) is 7.44. The number of nitrogens with zero attached hydrogens (tertiary/aromatic N) is 1. The van der Waals surface area contributed by atoms with Gasteiger partial charge in [-0.3, -0.25) is 4.98 Å². The van der Waals surface area contributed by atoms with Crippen molar-refractivity contribution in [2.45, 2.75) is 11.3 Å². The molecular formula is C12H14N2OS. The quantitative estimate of drug-likeness (QED) is 0.484. The van der Waals surface area contributed by atoms with Crippen LogP contribution in [0.25, 0.3) is 10.9 Å². The highest BCUT2D eigenvalue weighted by Crippen LogP contribution is 2.29. The zero-order chi connectivity index (χ0) is 11.4. The van der Waals surface area contributed by atoms with Gasteiger partial charge in [0.15, 0.2) is 0 Å². The van der Waals surface area contributed by atoms with Crippen LogP contribution in [0.4, 0.5) is 5.69 Å². The van der Waals surface area contributed by atoms with E-state index in [1.165, 1.54) is 4.90 Å². The summed E-state index contributed by atoms with van der Waals surface area (Å²) in [7, 11) is 0. The molecule has 0 fully saturated rings. The molecule has 3 nitrogen and oxygen atoms in total. The van der Waals surface area contributed by atoms with Crippen molar-refractivity contribution in [2.75, 3.05) is 18.1 Å². The molecule has 3 N–H and O–H groups in total. The number of anilines is 1. The fourth-order valence-corrected chi connectivity index (χ4v) is 2.52. The van der Waals surface area contributed by atoms with Gasteiger partial charge in [-0.25, -0.2) is 0 Å². The highest BCUT2D eigenvalue weighted by molar-refractivity contribution is 7.99. The lowest BCUT2D eigenvalue weighted by Gasteiger charge is -2.06. The van der Waals surface area contributed by atoms with E-state index in [-0.39, 0.29) is 6.61 Å². The third-order valence-electron chi connectivity index (χ3n) is 2.32. The van der Waals surface area contributed by atoms with Crippen LogP contribution in [0.5, 0.6) is 0 Å². The van der Waals surface area contributed by atoms with Gasteiger partial charge in [0.2, 0.25) is 0 Å². The van der Waals surface area contributed by atoms with Crippen LogP contribution in [0.1, 0.15) is 6.42 Å². The molecule has 1 heterocycles. The smallest absolute Gasteiger partial charge is 0.0942 e. The molecule has 0 bridgehead atoms. The van der Waals surface area contributed by atoms with E-state index in [2.05, 4.69) is 4.98 Å². The Balaban J connectivity index is 2.34. The van der Waals surface area contributed by atoms with Crippen molar-refractivity contribution in [1.29, 1.82) is 0 Å². The molecule has 0 amide bonds. The second-order valence-corrected chi connectivity index (χ2v) is 4.61. The third-order valence-corrected chi connectivity index (χ3v) is 3.48. The second-order valence-electron chi connectivity index (χ2n) is 3.48. The maximum Gasteiger partial charge on any atom is 0.0942 e. The van der Waals surface area contributed by atoms with E-state index in [9.17, 15) is 0 Å². The zero-order valence-electron chi connectivity index (χ0n) is 8.89. The molecule has 0 aliphatic heterocycles. The lowest BCUT2D eigenvalue weighted by atomic mass is 10.2. The van der Waals surface area contributed by atoms with Crippen molar-refractivity contribution in [3.05, 3.63) is 30.5 Å². The van der Waals surface area contributed by atoms with Crippen LogP contribution in [-0.4, -0.2) is 22.5 Å². The van der Waals surface area contributed by atoms with Gasteiger partial charge in [0, 0.05) is 28.8 Å². The van der Waals surface area contributed by atoms with Crippen molar-refractivity contribution in [2.24, 2.45) is 0 Å². The van der Waals surface area contributed by atoms with Gasteiger partial charge in [-0.2, -0.15) is 0 Å². The number of rotatable bonds is 4. The van der Waals surface area contributed by atoms with Crippen LogP contribution in [0.2, 0.25) is 0 Å². The summed E-state index contributed by atoms with van der Waals surface area (Å²) >= 11 is 1.73. The number of nitrogen functional groups attached to an aromatic ring is 1. The summed E-state index contributed by atoms with van der Waals surface area (Å²) in [6.07, 6.45) is 2.58. The number of aliphatic hydroxyl groups is 1. The molecule has 0 saturated heterocycles. The van der Waals surface area contributed by atoms with Crippen LogP contribution in [-0.2, 0) is 0 Å². The van der Waals surface area contributed by atoms with Gasteiger partial charge in [0.1, 0.15) is 0 Å². The number of fused-ring (bicyclic) bond motifs is 1. The van der Waals surface area contributed by atoms with Crippen molar-refractivity contribution < 1.29 is 5.11 Å². The molecule has 1 aromatic heterocycles. The van der Waals surface area contributed by atoms with Crippen molar-refractivity contribution >= 4 is 28.4 Å². The van der Waals surface area contributed by atoms with E-state index in [1.54, 1.807) is 18.0 Å². The largest absolute Gasteiger partial charge is 0.397 e. The first kappa shape index (κ1) is 11.2. The van der Waals surface area contributed by atoms with E-state index >= 15 is 0 Å². The number of benzene rings is 1. The standard InChI is InChI=1S/C12H14N2OS/c13-10-4-1-3-9-11(16-8-2-7-15)5-6-14-12(9)10/h1,3-6,15H,2,7-8,13H2. The Labute approximate surface area is 98.7 Å². The molecule has 2 aromatic rings. The molecule has 0 aliphatic rings. The number of thioether (sulfide) groups is 1. The summed E-state index contributed by atoms with van der Waals surface area (Å²) in [6, 6.07) is 7.82. The molecule has 2 rings (SSSR count). The van der Waals surface area contributed by atoms with E-state index in [1.807, 2.05) is 24.3 Å². The monoisotopic (exact) mass is 234 g/mol. The lowest BCUT2D eigenvalue weighted by Crippen LogP contribution is -1.91. The molecule has 0 spiro atoms. The van der Waals surface area contributed by atoms with Gasteiger partial charge >= 0.3 is 0 Å². The fraction of sp³-hybridized carbons (Fsp3) is 0.250. The summed E-state index contributed by atoms with van der Waals surface area (Å²) in [5, 5.41) is 9.84. The molecule has 4 heteroatoms. The number of pyridine rings is 1. The first-order chi connectivity index (χ1) is 7.83. The minimum atomic E-state index is 0.234. The fourth-order valence-electron chi connectivity index (χ4n) is 1.55. The minimum Gasteiger partial charge on any atom is -0.397 e. The summed E-state index contributed by atoms with van der Waals surface area (Å²) in [5.74, 6) is 0.907. The summed E-state index contributed by atoms with van der Waals surface area (Å²) in [6.45, 7) is 0.234. The van der Waals surface area contributed by atoms with Crippen molar-refractivity contribution in [1.82, 2.24) is 4.98 Å². The average molecular weight is 234 g/mol. The van der Waals surface area contributed by atoms with Gasteiger partial charge in [-0.05, 0) is 18.6 Å². The highest BCUT2D eigenvalue weighted by Gasteiger charge is 2.04. The summed E-state index contributed by atoms with van der Waals surface area (Å²) in [4.78, 5) is 5.45. The van der Waals surface area contributed by atoms with Crippen LogP contribution < -0.4 is 5.73 Å². The van der Waals surface area contributed by atoms with Crippen molar-refractivity contribution in [3.63, 3.8) is 0 Å². The van der Waals surface area contributed by atoms with Crippen LogP contribution >= 0.6 is 11.8 Å². The molecular weight excluding hydrogens is 220 g/mol. The molecule has 0 saturated carbocycles. The van der Waals surface area contributed by atoms with Crippen molar-refractivity contribution in [3.8, 4) is 0 Å². The van der Waals surface area contributed by atoms with Gasteiger partial charge in [0.25, 0.3) is 0 Å². The molecule has 0 atom stereocenters. The maximum atomic E-state index is 8.76. The van der Waals surface area contributed by atoms with Crippen LogP contribution in [0, 0.1) is 0 Å². The Morgan fingerprint density at radius 3 is 3.00 bits per heavy atom. The van der Waals surface area contributed by atoms with Gasteiger partial charge in [0.05, 0.1) is 11.2 Å². The van der Waals surface area contributed by atoms with Gasteiger partial charge < -0.3 is 10.8 Å². The van der Waals surface area contributed by atoms with E-state index in [4.69, 9.17) is 10.8 Å². The number of nitrogens with two attached hydrogens (primary N) is 1. The predicted molar refractivity (Wildman–Crippen MR) is 68.6 cm³/mol. The first-order valence-corrected chi connectivity index (χ1v) is 6.18. The molecule has 84 valence electrons. The van der Waals surface area contributed by atoms with E-state index < -0.39 is 0 Å². The first-order valence-electron chi connectivity index (χ1n) is 5.20. The molecule has 16 heavy (non-hydrogen) atoms. The van der Waals surface area contributed by atoms with E-state index in [0.717, 1.165) is 23.1 Å². The second kappa shape index (κ2) is 5.18. The van der Waals surface area contributed by atoms with Crippen LogP contribution in [0.3, 0.4) is 0 Å². The number of hydrogen-bond acceptors (Lipinski definition) is 4. The molecule has 0 aliphatic carbocycles. The van der Waals surface area contributed by atoms with E-state index in [0.29, 0.717) is 5.69 Å². The Hall–Kier alpha value is -1.26. The topological polar surface area (TPSA) is 59.1 Å². The minimum absolute atomic E-state index is 0.234. The molecule has 1 aromatic carbocycles.